The molecule has 0 aliphatic rings. The van der Waals surface area contributed by atoms with Crippen LogP contribution in [-0.2, 0) is 63.7 Å². The summed E-state index contributed by atoms with van der Waals surface area (Å²) in [5.41, 5.74) is -1.52. The number of aromatic nitrogens is 6. The summed E-state index contributed by atoms with van der Waals surface area (Å²) < 4.78 is 150. The van der Waals surface area contributed by atoms with Crippen LogP contribution in [-0.4, -0.2) is 125 Å². The maximum absolute atomic E-state index is 13.5. The number of nitrogens with one attached hydrogen (secondary N) is 2. The molecule has 2 heterocycles. The Hall–Kier alpha value is -4.78. The Labute approximate surface area is 684 Å². The van der Waals surface area contributed by atoms with Crippen molar-refractivity contribution in [2.24, 2.45) is 20.5 Å². The van der Waals surface area contributed by atoms with Crippen molar-refractivity contribution >= 4 is 178 Å². The predicted octanol–water partition coefficient (Wildman–Crippen LogP) is 5.79. The van der Waals surface area contributed by atoms with E-state index in [0.29, 0.717) is 25.3 Å². The number of carbonyl (C=O) groups is 2. The second kappa shape index (κ2) is 45.8. The summed E-state index contributed by atoms with van der Waals surface area (Å²) in [5.74, 6) is -2.49. The monoisotopic (exact) mass is 1630 g/mol. The molecule has 0 amide bonds. The first kappa shape index (κ1) is 94.3. The van der Waals surface area contributed by atoms with Crippen LogP contribution in [0, 0.1) is 0 Å². The van der Waals surface area contributed by atoms with Crippen LogP contribution in [0.3, 0.4) is 0 Å². The number of hydrogen-bond acceptors (Lipinski definition) is 30. The van der Waals surface area contributed by atoms with Crippen LogP contribution in [0.4, 0.5) is 50.7 Å². The number of azo groups is 2. The number of nitrogens with zero attached hydrogens (tertiary/aromatic N) is 10. The van der Waals surface area contributed by atoms with E-state index in [9.17, 15) is 67.1 Å². The van der Waals surface area contributed by atoms with Crippen molar-refractivity contribution in [3.8, 4) is 11.5 Å². The molecule has 0 aliphatic heterocycles. The van der Waals surface area contributed by atoms with Crippen molar-refractivity contribution in [3.63, 3.8) is 0 Å². The fourth-order valence-corrected chi connectivity index (χ4v) is 12.7. The summed E-state index contributed by atoms with van der Waals surface area (Å²) in [7, 11) is -20.4. The molecule has 0 aliphatic carbocycles. The van der Waals surface area contributed by atoms with Crippen LogP contribution >= 0.6 is 58.0 Å². The Morgan fingerprint density at radius 3 is 1.17 bits per heavy atom. The number of halogens is 6. The molecule has 0 saturated carbocycles. The summed E-state index contributed by atoms with van der Waals surface area (Å²) in [6.45, 7) is 3.71. The van der Waals surface area contributed by atoms with Gasteiger partial charge in [-0.25, -0.2) is 25.3 Å². The maximum atomic E-state index is 13.5. The minimum Gasteiger partial charge on any atom is -0.744 e. The molecule has 8 aromatic rings. The standard InChI is InChI=1S/C30H32Cl2N6O9S2.C19H12Cl2N6O7S2.C11H21ClO2.FH.3Na/c1-2-3-4-5-6-10-13-25(39)46-14-15-47-49(44,45)23-16-19-17-24(48(41,42)43)26(38-37-20-11-8-7-9-12-20)27(40)21(19)18-22(23)33-30-35-28(31)34-29(32)36-30;20-17-23-18(21)25-19(24-17)22-12-8-11-9(6-13(12)35(29,30)31)7-14(36(32,33)34)15(16(11)28)27-26-10-4-2-1-3-5-10;1-2-3-4-5-6-7-8-11(13)14-10-9-12;;;;/h7-9,11-12,16-18,40H,2-6,10,13-15H2,1H3,(H,41,42,43)(H,33,34,35,36);1-8,28H,(H,29,30,31)(H,32,33,34)(H,22,23,24,25);2-10H2,1H3;1H;;;/q;;;;3*+1/p-3. The fourth-order valence-electron chi connectivity index (χ4n) is 8.90. The van der Waals surface area contributed by atoms with Gasteiger partial charge in [-0.1, -0.05) is 114 Å². The zero-order valence-corrected chi connectivity index (χ0v) is 68.8. The number of phenols is 2. The van der Waals surface area contributed by atoms with Crippen molar-refractivity contribution in [1.82, 2.24) is 29.9 Å². The molecule has 6 aromatic carbocycles. The third-order valence-corrected chi connectivity index (χ3v) is 18.2. The topological polar surface area (TPSA) is 459 Å². The molecule has 30 nitrogen and oxygen atoms in total. The van der Waals surface area contributed by atoms with Crippen LogP contribution in [0.1, 0.15) is 104 Å². The molecule has 4 N–H and O–H groups in total. The average Bonchev–Trinajstić information content (AvgIpc) is 0.756. The normalized spacial score (nSPS) is 11.4. The van der Waals surface area contributed by atoms with E-state index in [1.807, 2.05) is 0 Å². The van der Waals surface area contributed by atoms with Crippen molar-refractivity contribution in [1.29, 1.82) is 0 Å². The Balaban J connectivity index is 0.000000586. The molecule has 0 bridgehead atoms. The summed E-state index contributed by atoms with van der Waals surface area (Å²) in [6.07, 6.45) is 13.7. The Morgan fingerprint density at radius 2 is 0.806 bits per heavy atom. The molecule has 0 unspecified atom stereocenters. The maximum Gasteiger partial charge on any atom is 1.00 e. The van der Waals surface area contributed by atoms with E-state index in [0.717, 1.165) is 81.3 Å². The minimum atomic E-state index is -5.27. The smallest absolute Gasteiger partial charge is 0.744 e. The number of ether oxygens (including phenoxy) is 2. The van der Waals surface area contributed by atoms with Gasteiger partial charge in [0.2, 0.25) is 33.0 Å². The SMILES string of the molecule is CCCCCCCCC(=O)OCCCl.CCCCCCCCC(=O)OCCOS(=O)(=O)c1cc2cc(S(=O)(=O)[O-])c(N=Nc3ccccc3)c(O)c2cc1Nc1nc(Cl)nc(Cl)n1.F.O=S(=O)([O-])c1cc2cc(S(=O)(=O)[O-])c(N=Nc3ccccc3)c(O)c2cc1Nc1nc(Cl)nc(Cl)n1.[Na+].[Na+].[Na+]. The van der Waals surface area contributed by atoms with Gasteiger partial charge in [-0.05, 0) is 131 Å². The molecule has 2 aromatic heterocycles. The first-order chi connectivity index (χ1) is 46.9. The van der Waals surface area contributed by atoms with Crippen LogP contribution in [0.15, 0.2) is 137 Å². The van der Waals surface area contributed by atoms with Gasteiger partial charge in [-0.2, -0.15) is 48.6 Å². The van der Waals surface area contributed by atoms with Gasteiger partial charge in [0, 0.05) is 23.6 Å². The van der Waals surface area contributed by atoms with E-state index in [1.165, 1.54) is 37.8 Å². The van der Waals surface area contributed by atoms with Gasteiger partial charge in [-0.3, -0.25) is 18.5 Å². The van der Waals surface area contributed by atoms with Crippen molar-refractivity contribution in [2.75, 3.05) is 36.3 Å². The van der Waals surface area contributed by atoms with E-state index in [-0.39, 0.29) is 184 Å². The Morgan fingerprint density at radius 1 is 0.466 bits per heavy atom. The van der Waals surface area contributed by atoms with E-state index in [2.05, 4.69) is 74.8 Å². The van der Waals surface area contributed by atoms with Gasteiger partial charge in [0.25, 0.3) is 10.1 Å². The number of unbranched alkanes of at least 4 members (excludes halogenated alkanes) is 10. The first-order valence-corrected chi connectivity index (χ1v) is 37.5. The number of fused-ring (bicyclic) bond motifs is 2. The van der Waals surface area contributed by atoms with E-state index in [4.69, 9.17) is 71.7 Å². The predicted molar refractivity (Wildman–Crippen MR) is 367 cm³/mol. The fraction of sp³-hybridized carbons (Fsp3) is 0.333. The number of benzene rings is 6. The van der Waals surface area contributed by atoms with Crippen molar-refractivity contribution in [2.45, 2.75) is 123 Å². The molecule has 43 heteroatoms. The summed E-state index contributed by atoms with van der Waals surface area (Å²) in [4.78, 5) is 42.0. The van der Waals surface area contributed by atoms with Gasteiger partial charge in [0.05, 0.1) is 43.3 Å². The number of aromatic hydroxyl groups is 2. The molecule has 0 atom stereocenters. The first-order valence-electron chi connectivity index (χ1n) is 29.9. The van der Waals surface area contributed by atoms with E-state index >= 15 is 0 Å². The Kier molecular flexibility index (Phi) is 41.9. The van der Waals surface area contributed by atoms with Gasteiger partial charge in [0.15, 0.2) is 11.5 Å². The molecular formula is C60H63Cl5FN12Na3O18S4. The molecule has 103 heavy (non-hydrogen) atoms. The molecule has 0 saturated heterocycles. The summed E-state index contributed by atoms with van der Waals surface area (Å²) >= 11 is 28.6. The summed E-state index contributed by atoms with van der Waals surface area (Å²) in [6, 6.07) is 21.5. The van der Waals surface area contributed by atoms with Gasteiger partial charge in [-0.15, -0.1) is 21.8 Å². The van der Waals surface area contributed by atoms with Crippen molar-refractivity contribution in [3.05, 3.63) is 118 Å². The van der Waals surface area contributed by atoms with Crippen LogP contribution in [0.25, 0.3) is 21.5 Å². The number of rotatable bonds is 32. The number of esters is 2. The second-order valence-electron chi connectivity index (χ2n) is 20.8. The number of carbonyl (C=O) groups excluding carboxylic acids is 2. The second-order valence-corrected chi connectivity index (χ2v) is 28.2. The average molecular weight is 1630 g/mol. The molecule has 0 fully saturated rings. The molecule has 540 valence electrons. The summed E-state index contributed by atoms with van der Waals surface area (Å²) in [5, 5.41) is 40.2. The quantitative estimate of drug-likeness (QED) is 0.00737. The van der Waals surface area contributed by atoms with Gasteiger partial charge < -0.3 is 44.0 Å². The van der Waals surface area contributed by atoms with E-state index in [1.54, 1.807) is 48.5 Å². The van der Waals surface area contributed by atoms with Crippen LogP contribution in [0.5, 0.6) is 11.5 Å². The Bertz CT molecular complexity index is 4670. The largest absolute Gasteiger partial charge is 1.00 e. The number of anilines is 4. The zero-order chi connectivity index (χ0) is 72.5. The minimum absolute atomic E-state index is 0. The third kappa shape index (κ3) is 30.8. The van der Waals surface area contributed by atoms with Gasteiger partial charge >= 0.3 is 101 Å². The van der Waals surface area contributed by atoms with Crippen LogP contribution < -0.4 is 99.3 Å². The number of phenolic OH excluding ortho intramolecular Hbond substituents is 2. The molecule has 8 rings (SSSR count). The molecule has 0 spiro atoms. The number of alkyl halides is 1. The van der Waals surface area contributed by atoms with Crippen molar-refractivity contribution < 1.29 is 174 Å². The van der Waals surface area contributed by atoms with Crippen LogP contribution in [0.2, 0.25) is 21.1 Å². The zero-order valence-electron chi connectivity index (χ0n) is 55.8. The van der Waals surface area contributed by atoms with Gasteiger partial charge in [0.1, 0.15) is 66.4 Å². The third-order valence-electron chi connectivity index (χ3n) is 13.5. The molecule has 0 radical (unpaired) electrons. The number of hydrogen-bond donors (Lipinski definition) is 4. The van der Waals surface area contributed by atoms with E-state index < -0.39 is 101 Å². The molecular weight excluding hydrogens is 1570 g/mol.